The summed E-state index contributed by atoms with van der Waals surface area (Å²) in [5.41, 5.74) is 1.15. The molecule has 5 rings (SSSR count). The number of esters is 2. The van der Waals surface area contributed by atoms with Crippen LogP contribution in [-0.2, 0) is 9.53 Å². The van der Waals surface area contributed by atoms with Gasteiger partial charge in [-0.15, -0.1) is 0 Å². The molecule has 1 atom stereocenters. The summed E-state index contributed by atoms with van der Waals surface area (Å²) in [6.07, 6.45) is 17.1. The molecule has 0 radical (unpaired) electrons. The fourth-order valence-electron chi connectivity index (χ4n) is 6.56. The zero-order valence-corrected chi connectivity index (χ0v) is 26.6. The van der Waals surface area contributed by atoms with E-state index < -0.39 is 5.97 Å². The van der Waals surface area contributed by atoms with Crippen molar-refractivity contribution in [3.8, 4) is 5.75 Å². The molecular weight excluding hydrogens is 544 g/mol. The maximum Gasteiger partial charge on any atom is 0.343 e. The molecule has 3 fully saturated rings. The summed E-state index contributed by atoms with van der Waals surface area (Å²) in [4.78, 5) is 39.5. The Morgan fingerprint density at radius 3 is 1.93 bits per heavy atom. The van der Waals surface area contributed by atoms with E-state index in [0.717, 1.165) is 43.4 Å². The monoisotopic (exact) mass is 592 g/mol. The molecule has 5 nitrogen and oxygen atoms in total. The molecule has 0 N–H and O–H groups in total. The molecule has 42 heavy (non-hydrogen) atoms. The van der Waals surface area contributed by atoms with Crippen molar-refractivity contribution in [2.75, 3.05) is 0 Å². The van der Waals surface area contributed by atoms with E-state index in [1.54, 1.807) is 36.4 Å². The third kappa shape index (κ3) is 8.49. The number of fused-ring (bicyclic) bond motifs is 3. The van der Waals surface area contributed by atoms with Gasteiger partial charge in [0.25, 0.3) is 0 Å². The SMILES string of the molecule is CCCCCC[C@H](C)OC(=O)c1ccc(OC(=O)c2ccc(SC(=O)C34CCC(CCCCC)(CC3)CC4)cc2)cc1. The third-order valence-electron chi connectivity index (χ3n) is 9.52. The molecule has 2 aromatic rings. The number of thioether (sulfide) groups is 1. The van der Waals surface area contributed by atoms with Crippen LogP contribution in [-0.4, -0.2) is 23.2 Å². The normalized spacial score (nSPS) is 22.0. The summed E-state index contributed by atoms with van der Waals surface area (Å²) in [6.45, 7) is 6.35. The number of carbonyl (C=O) groups is 3. The maximum absolute atomic E-state index is 13.4. The molecule has 3 saturated carbocycles. The lowest BCUT2D eigenvalue weighted by Crippen LogP contribution is -2.45. The Morgan fingerprint density at radius 2 is 1.31 bits per heavy atom. The lowest BCUT2D eigenvalue weighted by molar-refractivity contribution is -0.128. The van der Waals surface area contributed by atoms with Gasteiger partial charge in [0.15, 0.2) is 5.12 Å². The van der Waals surface area contributed by atoms with E-state index in [9.17, 15) is 14.4 Å². The number of unbranched alkanes of at least 4 members (excludes halogenated alkanes) is 5. The van der Waals surface area contributed by atoms with Gasteiger partial charge in [0, 0.05) is 10.3 Å². The number of ether oxygens (including phenoxy) is 2. The first-order valence-corrected chi connectivity index (χ1v) is 17.0. The molecule has 0 heterocycles. The first kappa shape index (κ1) is 32.3. The van der Waals surface area contributed by atoms with E-state index in [1.165, 1.54) is 69.5 Å². The highest BCUT2D eigenvalue weighted by Crippen LogP contribution is 2.60. The van der Waals surface area contributed by atoms with Gasteiger partial charge in [0.05, 0.1) is 17.2 Å². The molecule has 0 aromatic heterocycles. The topological polar surface area (TPSA) is 69.7 Å². The predicted octanol–water partition coefficient (Wildman–Crippen LogP) is 9.96. The van der Waals surface area contributed by atoms with Crippen LogP contribution in [0, 0.1) is 10.8 Å². The first-order valence-electron chi connectivity index (χ1n) is 16.1. The Kier molecular flexibility index (Phi) is 11.7. The van der Waals surface area contributed by atoms with Crippen LogP contribution in [0.4, 0.5) is 0 Å². The van der Waals surface area contributed by atoms with Crippen LogP contribution in [0.25, 0.3) is 0 Å². The van der Waals surface area contributed by atoms with Gasteiger partial charge in [-0.3, -0.25) is 4.79 Å². The number of hydrogen-bond donors (Lipinski definition) is 0. The minimum atomic E-state index is -0.480. The summed E-state index contributed by atoms with van der Waals surface area (Å²) in [5.74, 6) is -0.491. The summed E-state index contributed by atoms with van der Waals surface area (Å²) < 4.78 is 11.1. The molecule has 2 bridgehead atoms. The van der Waals surface area contributed by atoms with Crippen LogP contribution in [0.2, 0.25) is 0 Å². The van der Waals surface area contributed by atoms with Gasteiger partial charge in [0.1, 0.15) is 5.75 Å². The Hall–Kier alpha value is -2.60. The molecule has 6 heteroatoms. The van der Waals surface area contributed by atoms with E-state index in [2.05, 4.69) is 13.8 Å². The zero-order chi connectivity index (χ0) is 30.0. The molecule has 0 unspecified atom stereocenters. The van der Waals surface area contributed by atoms with Crippen molar-refractivity contribution in [2.45, 2.75) is 128 Å². The van der Waals surface area contributed by atoms with E-state index in [4.69, 9.17) is 9.47 Å². The van der Waals surface area contributed by atoms with Crippen LogP contribution >= 0.6 is 11.8 Å². The molecular formula is C36H48O5S. The van der Waals surface area contributed by atoms with Gasteiger partial charge in [-0.05, 0) is 119 Å². The van der Waals surface area contributed by atoms with Gasteiger partial charge in [-0.1, -0.05) is 64.1 Å². The lowest BCUT2D eigenvalue weighted by Gasteiger charge is -2.52. The number of rotatable bonds is 15. The molecule has 0 amide bonds. The van der Waals surface area contributed by atoms with E-state index in [-0.39, 0.29) is 22.6 Å². The van der Waals surface area contributed by atoms with Crippen molar-refractivity contribution >= 4 is 28.8 Å². The smallest absolute Gasteiger partial charge is 0.343 e. The second-order valence-corrected chi connectivity index (χ2v) is 13.7. The van der Waals surface area contributed by atoms with Gasteiger partial charge in [0.2, 0.25) is 0 Å². The van der Waals surface area contributed by atoms with Crippen LogP contribution in [0.1, 0.15) is 138 Å². The number of benzene rings is 2. The molecule has 0 aliphatic heterocycles. The van der Waals surface area contributed by atoms with Crippen LogP contribution in [0.5, 0.6) is 5.75 Å². The van der Waals surface area contributed by atoms with Crippen molar-refractivity contribution in [1.29, 1.82) is 0 Å². The summed E-state index contributed by atoms with van der Waals surface area (Å²) >= 11 is 1.32. The second kappa shape index (κ2) is 15.2. The number of hydrogen-bond acceptors (Lipinski definition) is 6. The van der Waals surface area contributed by atoms with Crippen molar-refractivity contribution in [2.24, 2.45) is 10.8 Å². The van der Waals surface area contributed by atoms with Crippen molar-refractivity contribution in [3.63, 3.8) is 0 Å². The standard InChI is InChI=1S/C36H48O5S/c1-4-6-8-9-11-27(3)40-32(37)28-12-16-30(17-13-28)41-33(38)29-14-18-31(19-15-29)42-34(39)36-24-21-35(22-25-36,23-26-36)20-10-7-5-2/h12-19,27H,4-11,20-26H2,1-3H3/t27-,35?,36?/m0/s1. The Morgan fingerprint density at radius 1 is 0.738 bits per heavy atom. The molecule has 228 valence electrons. The number of carbonyl (C=O) groups excluding carboxylic acids is 3. The molecule has 2 aromatic carbocycles. The molecule has 0 spiro atoms. The van der Waals surface area contributed by atoms with Crippen molar-refractivity contribution in [1.82, 2.24) is 0 Å². The Balaban J connectivity index is 1.24. The van der Waals surface area contributed by atoms with Gasteiger partial charge in [-0.2, -0.15) is 0 Å². The molecule has 3 aliphatic rings. The average molecular weight is 593 g/mol. The average Bonchev–Trinajstić information content (AvgIpc) is 3.01. The fourth-order valence-corrected chi connectivity index (χ4v) is 7.57. The maximum atomic E-state index is 13.4. The van der Waals surface area contributed by atoms with E-state index in [1.807, 2.05) is 19.1 Å². The second-order valence-electron chi connectivity index (χ2n) is 12.6. The van der Waals surface area contributed by atoms with Crippen LogP contribution < -0.4 is 4.74 Å². The summed E-state index contributed by atoms with van der Waals surface area (Å²) in [6, 6.07) is 13.5. The zero-order valence-electron chi connectivity index (χ0n) is 25.8. The van der Waals surface area contributed by atoms with Crippen LogP contribution in [0.15, 0.2) is 53.4 Å². The Bertz CT molecular complexity index is 1160. The van der Waals surface area contributed by atoms with Crippen molar-refractivity contribution < 1.29 is 23.9 Å². The highest BCUT2D eigenvalue weighted by molar-refractivity contribution is 8.13. The largest absolute Gasteiger partial charge is 0.459 e. The van der Waals surface area contributed by atoms with Gasteiger partial charge >= 0.3 is 11.9 Å². The molecule has 0 saturated heterocycles. The predicted molar refractivity (Wildman–Crippen MR) is 169 cm³/mol. The van der Waals surface area contributed by atoms with Crippen molar-refractivity contribution in [3.05, 3.63) is 59.7 Å². The quantitative estimate of drug-likeness (QED) is 0.0887. The minimum Gasteiger partial charge on any atom is -0.459 e. The summed E-state index contributed by atoms with van der Waals surface area (Å²) in [7, 11) is 0. The fraction of sp³-hybridized carbons (Fsp3) is 0.583. The van der Waals surface area contributed by atoms with Gasteiger partial charge < -0.3 is 9.47 Å². The van der Waals surface area contributed by atoms with E-state index >= 15 is 0 Å². The summed E-state index contributed by atoms with van der Waals surface area (Å²) in [5, 5.41) is 0.282. The van der Waals surface area contributed by atoms with Gasteiger partial charge in [-0.25, -0.2) is 9.59 Å². The first-order chi connectivity index (χ1) is 20.3. The van der Waals surface area contributed by atoms with E-state index in [0.29, 0.717) is 22.3 Å². The Labute approximate surface area is 256 Å². The lowest BCUT2D eigenvalue weighted by atomic mass is 9.53. The highest BCUT2D eigenvalue weighted by atomic mass is 32.2. The van der Waals surface area contributed by atoms with Crippen LogP contribution in [0.3, 0.4) is 0 Å². The highest BCUT2D eigenvalue weighted by Gasteiger charge is 2.51. The third-order valence-corrected chi connectivity index (χ3v) is 10.6. The molecule has 3 aliphatic carbocycles. The minimum absolute atomic E-state index is 0.131.